The van der Waals surface area contributed by atoms with Crippen LogP contribution in [0.5, 0.6) is 0 Å². The van der Waals surface area contributed by atoms with Crippen LogP contribution in [0.25, 0.3) is 0 Å². The van der Waals surface area contributed by atoms with Gasteiger partial charge in [0.05, 0.1) is 6.61 Å². The van der Waals surface area contributed by atoms with E-state index in [1.165, 1.54) is 0 Å². The van der Waals surface area contributed by atoms with E-state index in [4.69, 9.17) is 17.4 Å². The Hall–Kier alpha value is 0.0300. The lowest BCUT2D eigenvalue weighted by molar-refractivity contribution is 0.378. The van der Waals surface area contributed by atoms with E-state index in [2.05, 4.69) is 25.1 Å². The fraction of sp³-hybridized carbons (Fsp3) is 0.538. The third-order valence-corrected chi connectivity index (χ3v) is 12.0. The maximum absolute atomic E-state index is 5.90. The highest BCUT2D eigenvalue weighted by Gasteiger charge is 2.17. The smallest absolute Gasteiger partial charge is 0.112 e. The third-order valence-electron chi connectivity index (χ3n) is 1.83. The van der Waals surface area contributed by atoms with E-state index >= 15 is 0 Å². The molecule has 1 nitrogen and oxygen atoms in total. The molecule has 2 atom stereocenters. The molecule has 0 spiro atoms. The molecule has 94 valence electrons. The Morgan fingerprint density at radius 2 is 2.06 bits per heavy atom. The van der Waals surface area contributed by atoms with Crippen LogP contribution >= 0.6 is 26.0 Å². The Morgan fingerprint density at radius 3 is 2.65 bits per heavy atom. The van der Waals surface area contributed by atoms with Crippen LogP contribution in [0.4, 0.5) is 0 Å². The minimum Gasteiger partial charge on any atom is -0.343 e. The highest BCUT2D eigenvalue weighted by molar-refractivity contribution is 8.75. The summed E-state index contributed by atoms with van der Waals surface area (Å²) in [6.07, 6.45) is 16.1. The summed E-state index contributed by atoms with van der Waals surface area (Å²) in [4.78, 5) is 0. The molecular formula is C13H20OP2S. The van der Waals surface area contributed by atoms with Crippen LogP contribution in [0.1, 0.15) is 19.3 Å². The zero-order valence-corrected chi connectivity index (χ0v) is 13.0. The number of hydrogen-bond donors (Lipinski definition) is 0. The highest BCUT2D eigenvalue weighted by Crippen LogP contribution is 2.75. The molecule has 0 aliphatic rings. The summed E-state index contributed by atoms with van der Waals surface area (Å²) in [5.74, 6) is 6.39. The topological polar surface area (TPSA) is 9.23 Å². The maximum Gasteiger partial charge on any atom is 0.112 e. The number of rotatable bonds is 10. The molecule has 0 saturated heterocycles. The first kappa shape index (κ1) is 17.0. The van der Waals surface area contributed by atoms with Crippen LogP contribution in [-0.4, -0.2) is 25.2 Å². The molecule has 0 aliphatic carbocycles. The largest absolute Gasteiger partial charge is 0.343 e. The van der Waals surface area contributed by atoms with Gasteiger partial charge in [-0.15, -0.1) is 42.6 Å². The molecule has 0 aliphatic heterocycles. The molecular weight excluding hydrogens is 266 g/mol. The zero-order valence-electron chi connectivity index (χ0n) is 10.4. The van der Waals surface area contributed by atoms with Gasteiger partial charge in [-0.3, -0.25) is 0 Å². The first-order valence-electron chi connectivity index (χ1n) is 5.51. The van der Waals surface area contributed by atoms with Gasteiger partial charge in [-0.05, 0) is 26.9 Å². The van der Waals surface area contributed by atoms with Gasteiger partial charge < -0.3 is 4.52 Å². The average molecular weight is 286 g/mol. The van der Waals surface area contributed by atoms with Crippen molar-refractivity contribution in [1.29, 1.82) is 0 Å². The molecule has 0 saturated carbocycles. The van der Waals surface area contributed by atoms with Crippen molar-refractivity contribution in [3.63, 3.8) is 0 Å². The molecule has 0 aromatic heterocycles. The van der Waals surface area contributed by atoms with Gasteiger partial charge in [-0.2, -0.15) is 0 Å². The minimum atomic E-state index is -0.414. The van der Waals surface area contributed by atoms with E-state index in [9.17, 15) is 0 Å². The van der Waals surface area contributed by atoms with E-state index in [1.807, 2.05) is 17.5 Å². The Balaban J connectivity index is 4.03. The third kappa shape index (κ3) is 9.71. The predicted molar refractivity (Wildman–Crippen MR) is 84.8 cm³/mol. The van der Waals surface area contributed by atoms with E-state index in [-0.39, 0.29) is 7.61 Å². The van der Waals surface area contributed by atoms with E-state index in [1.54, 1.807) is 0 Å². The standard InChI is InChI=1S/C13H20OP2S/c1-5-8-11-14-16(17-13-10-7-3)15(4)12-9-6-2/h1-2,7H,3,8-13H2,4H3. The van der Waals surface area contributed by atoms with Crippen molar-refractivity contribution in [3.8, 4) is 24.7 Å². The van der Waals surface area contributed by atoms with Crippen LogP contribution in [0, 0.1) is 24.7 Å². The summed E-state index contributed by atoms with van der Waals surface area (Å²) in [7, 11) is -0.537. The molecule has 0 N–H and O–H groups in total. The maximum atomic E-state index is 5.90. The van der Waals surface area contributed by atoms with E-state index in [0.29, 0.717) is 13.0 Å². The molecule has 0 radical (unpaired) electrons. The summed E-state index contributed by atoms with van der Waals surface area (Å²) in [6, 6.07) is 0. The zero-order chi connectivity index (χ0) is 12.9. The average Bonchev–Trinajstić information content (AvgIpc) is 2.34. The van der Waals surface area contributed by atoms with Gasteiger partial charge in [0, 0.05) is 18.6 Å². The van der Waals surface area contributed by atoms with Crippen LogP contribution in [-0.2, 0) is 4.52 Å². The Kier molecular flexibility index (Phi) is 12.5. The minimum absolute atomic E-state index is 0.123. The molecule has 0 aromatic rings. The summed E-state index contributed by atoms with van der Waals surface area (Å²) in [5.41, 5.74) is 0. The van der Waals surface area contributed by atoms with Crippen LogP contribution in [0.15, 0.2) is 12.7 Å². The lowest BCUT2D eigenvalue weighted by Crippen LogP contribution is -1.89. The molecule has 0 heterocycles. The lowest BCUT2D eigenvalue weighted by Gasteiger charge is -2.22. The van der Waals surface area contributed by atoms with Crippen molar-refractivity contribution < 1.29 is 4.52 Å². The van der Waals surface area contributed by atoms with Crippen LogP contribution < -0.4 is 0 Å². The summed E-state index contributed by atoms with van der Waals surface area (Å²) < 4.78 is 5.90. The fourth-order valence-corrected chi connectivity index (χ4v) is 9.39. The van der Waals surface area contributed by atoms with Crippen molar-refractivity contribution in [1.82, 2.24) is 0 Å². The van der Waals surface area contributed by atoms with E-state index < -0.39 is 7.04 Å². The highest BCUT2D eigenvalue weighted by atomic mass is 32.9. The van der Waals surface area contributed by atoms with Gasteiger partial charge in [0.2, 0.25) is 0 Å². The quantitative estimate of drug-likeness (QED) is 0.249. The monoisotopic (exact) mass is 286 g/mol. The summed E-state index contributed by atoms with van der Waals surface area (Å²) >= 11 is 1.92. The normalized spacial score (nSPS) is 13.4. The van der Waals surface area contributed by atoms with Crippen molar-refractivity contribution in [2.24, 2.45) is 0 Å². The Bertz CT molecular complexity index is 280. The van der Waals surface area contributed by atoms with Crippen molar-refractivity contribution in [2.75, 3.05) is 25.2 Å². The van der Waals surface area contributed by atoms with Crippen molar-refractivity contribution in [3.05, 3.63) is 12.7 Å². The van der Waals surface area contributed by atoms with Gasteiger partial charge >= 0.3 is 0 Å². The van der Waals surface area contributed by atoms with Gasteiger partial charge in [0.1, 0.15) is 7.04 Å². The summed E-state index contributed by atoms with van der Waals surface area (Å²) in [5, 5.41) is 0. The van der Waals surface area contributed by atoms with Crippen molar-refractivity contribution in [2.45, 2.75) is 19.3 Å². The number of allylic oxidation sites excluding steroid dienone is 1. The SMILES string of the molecule is C#CCCOP(SCCC=C)P(C)CCC#C. The van der Waals surface area contributed by atoms with Crippen LogP contribution in [0.3, 0.4) is 0 Å². The lowest BCUT2D eigenvalue weighted by atomic mass is 10.5. The van der Waals surface area contributed by atoms with Gasteiger partial charge in [0.15, 0.2) is 0 Å². The molecule has 0 rings (SSSR count). The van der Waals surface area contributed by atoms with Gasteiger partial charge in [-0.25, -0.2) is 0 Å². The number of hydrogen-bond acceptors (Lipinski definition) is 2. The van der Waals surface area contributed by atoms with Gasteiger partial charge in [0.25, 0.3) is 0 Å². The molecule has 2 unspecified atom stereocenters. The Morgan fingerprint density at radius 1 is 1.35 bits per heavy atom. The Labute approximate surface area is 112 Å². The number of terminal acetylenes is 2. The fourth-order valence-electron chi connectivity index (χ4n) is 0.939. The molecule has 4 heteroatoms. The first-order valence-corrected chi connectivity index (χ1v) is 11.0. The molecule has 0 fully saturated rings. The second-order valence-corrected chi connectivity index (χ2v) is 12.2. The van der Waals surface area contributed by atoms with Gasteiger partial charge in [-0.1, -0.05) is 6.08 Å². The molecule has 0 bridgehead atoms. The molecule has 0 amide bonds. The van der Waals surface area contributed by atoms with Crippen LogP contribution in [0.2, 0.25) is 0 Å². The second kappa shape index (κ2) is 12.5. The van der Waals surface area contributed by atoms with Crippen molar-refractivity contribution >= 4 is 26.0 Å². The second-order valence-electron chi connectivity index (χ2n) is 3.27. The first-order chi connectivity index (χ1) is 8.26. The molecule has 0 aromatic carbocycles. The molecule has 17 heavy (non-hydrogen) atoms. The predicted octanol–water partition coefficient (Wildman–Crippen LogP) is 4.70. The van der Waals surface area contributed by atoms with E-state index in [0.717, 1.165) is 24.8 Å². The summed E-state index contributed by atoms with van der Waals surface area (Å²) in [6.45, 7) is 6.68.